The van der Waals surface area contributed by atoms with Crippen molar-refractivity contribution in [3.05, 3.63) is 0 Å². The summed E-state index contributed by atoms with van der Waals surface area (Å²) in [6.45, 7) is 2.09. The molecule has 1 aliphatic heterocycles. The minimum Gasteiger partial charge on any atom is -0.342 e. The first kappa shape index (κ1) is 8.60. The Hall–Kier alpha value is -0.530. The van der Waals surface area contributed by atoms with Crippen molar-refractivity contribution in [2.24, 2.45) is 23.2 Å². The first-order valence-corrected chi connectivity index (χ1v) is 6.57. The molecule has 2 atom stereocenters. The van der Waals surface area contributed by atoms with Crippen LogP contribution in [0.1, 0.15) is 38.5 Å². The third kappa shape index (κ3) is 0.938. The Morgan fingerprint density at radius 3 is 2.27 bits per heavy atom. The SMILES string of the molecule is O=C(N1CCC1)C12CC3CC(CC1C3)C2. The molecule has 2 nitrogen and oxygen atoms in total. The maximum atomic E-state index is 12.5. The fraction of sp³-hybridized carbons (Fsp3) is 0.923. The molecule has 5 fully saturated rings. The van der Waals surface area contributed by atoms with E-state index in [2.05, 4.69) is 4.90 Å². The van der Waals surface area contributed by atoms with E-state index in [1.807, 2.05) is 0 Å². The number of hydrogen-bond acceptors (Lipinski definition) is 1. The molecule has 0 radical (unpaired) electrons. The van der Waals surface area contributed by atoms with Crippen molar-refractivity contribution in [1.29, 1.82) is 0 Å². The van der Waals surface area contributed by atoms with Crippen LogP contribution in [-0.2, 0) is 4.79 Å². The van der Waals surface area contributed by atoms with E-state index >= 15 is 0 Å². The fourth-order valence-electron chi connectivity index (χ4n) is 4.98. The second-order valence-corrected chi connectivity index (χ2v) is 6.35. The van der Waals surface area contributed by atoms with Gasteiger partial charge in [-0.2, -0.15) is 0 Å². The van der Waals surface area contributed by atoms with Crippen LogP contribution in [0.15, 0.2) is 0 Å². The molecule has 0 aromatic heterocycles. The third-order valence-electron chi connectivity index (χ3n) is 5.56. The minimum atomic E-state index is 0.147. The largest absolute Gasteiger partial charge is 0.342 e. The quantitative estimate of drug-likeness (QED) is 0.641. The fourth-order valence-corrected chi connectivity index (χ4v) is 4.98. The smallest absolute Gasteiger partial charge is 0.229 e. The number of nitrogens with zero attached hydrogens (tertiary/aromatic N) is 1. The number of carbonyl (C=O) groups is 1. The van der Waals surface area contributed by atoms with Gasteiger partial charge in [-0.15, -0.1) is 0 Å². The molecule has 4 aliphatic carbocycles. The number of rotatable bonds is 1. The standard InChI is InChI=1S/C13H19NO/c15-12(14-2-1-3-14)13-7-9-4-10(8-13)6-11(13)5-9/h9-11H,1-8H2. The first-order valence-electron chi connectivity index (χ1n) is 6.57. The minimum absolute atomic E-state index is 0.147. The zero-order chi connectivity index (χ0) is 10.0. The molecule has 1 amide bonds. The number of carbonyl (C=O) groups excluding carboxylic acids is 1. The van der Waals surface area contributed by atoms with Crippen molar-refractivity contribution in [2.75, 3.05) is 13.1 Å². The van der Waals surface area contributed by atoms with Gasteiger partial charge in [0, 0.05) is 13.1 Å². The molecule has 2 heteroatoms. The van der Waals surface area contributed by atoms with Crippen molar-refractivity contribution in [3.8, 4) is 0 Å². The molecule has 1 saturated heterocycles. The zero-order valence-corrected chi connectivity index (χ0v) is 9.24. The van der Waals surface area contributed by atoms with Gasteiger partial charge in [0.2, 0.25) is 5.91 Å². The lowest BCUT2D eigenvalue weighted by molar-refractivity contribution is -0.147. The van der Waals surface area contributed by atoms with Gasteiger partial charge in [-0.3, -0.25) is 4.79 Å². The summed E-state index contributed by atoms with van der Waals surface area (Å²) < 4.78 is 0. The molecular formula is C13H19NO. The van der Waals surface area contributed by atoms with Crippen LogP contribution < -0.4 is 0 Å². The molecule has 4 saturated carbocycles. The van der Waals surface area contributed by atoms with Crippen molar-refractivity contribution >= 4 is 5.91 Å². The summed E-state index contributed by atoms with van der Waals surface area (Å²) in [4.78, 5) is 14.7. The maximum absolute atomic E-state index is 12.5. The lowest BCUT2D eigenvalue weighted by Gasteiger charge is -2.40. The van der Waals surface area contributed by atoms with E-state index in [0.717, 1.165) is 30.8 Å². The molecule has 15 heavy (non-hydrogen) atoms. The van der Waals surface area contributed by atoms with E-state index in [1.54, 1.807) is 0 Å². The Morgan fingerprint density at radius 1 is 1.07 bits per heavy atom. The Balaban J connectivity index is 1.67. The molecule has 5 rings (SSSR count). The Bertz CT molecular complexity index is 306. The molecule has 5 aliphatic rings. The predicted molar refractivity (Wildman–Crippen MR) is 57.2 cm³/mol. The van der Waals surface area contributed by atoms with Crippen molar-refractivity contribution in [3.63, 3.8) is 0 Å². The molecule has 0 aromatic carbocycles. The number of likely N-dealkylation sites (tertiary alicyclic amines) is 1. The summed E-state index contributed by atoms with van der Waals surface area (Å²) in [6.07, 6.45) is 7.89. The van der Waals surface area contributed by atoms with Crippen LogP contribution in [0.4, 0.5) is 0 Å². The van der Waals surface area contributed by atoms with E-state index in [1.165, 1.54) is 38.5 Å². The van der Waals surface area contributed by atoms with Gasteiger partial charge in [-0.1, -0.05) is 0 Å². The molecule has 4 bridgehead atoms. The highest BCUT2D eigenvalue weighted by molar-refractivity contribution is 5.84. The summed E-state index contributed by atoms with van der Waals surface area (Å²) in [7, 11) is 0. The summed E-state index contributed by atoms with van der Waals surface area (Å²) in [5.74, 6) is 3.14. The van der Waals surface area contributed by atoms with Crippen LogP contribution in [0.25, 0.3) is 0 Å². The van der Waals surface area contributed by atoms with E-state index in [-0.39, 0.29) is 5.41 Å². The highest BCUT2D eigenvalue weighted by Gasteiger charge is 2.62. The number of amides is 1. The summed E-state index contributed by atoms with van der Waals surface area (Å²) in [5, 5.41) is 0. The molecule has 0 aromatic rings. The highest BCUT2D eigenvalue weighted by atomic mass is 16.2. The van der Waals surface area contributed by atoms with Crippen LogP contribution in [0.5, 0.6) is 0 Å². The summed E-state index contributed by atoms with van der Waals surface area (Å²) >= 11 is 0. The maximum Gasteiger partial charge on any atom is 0.229 e. The predicted octanol–water partition coefficient (Wildman–Crippen LogP) is 2.04. The van der Waals surface area contributed by atoms with Gasteiger partial charge in [0.05, 0.1) is 5.41 Å². The normalized spacial score (nSPS) is 50.9. The van der Waals surface area contributed by atoms with Gasteiger partial charge in [0.1, 0.15) is 0 Å². The average molecular weight is 205 g/mol. The van der Waals surface area contributed by atoms with E-state index in [9.17, 15) is 4.79 Å². The molecule has 1 heterocycles. The average Bonchev–Trinajstić information content (AvgIpc) is 2.49. The van der Waals surface area contributed by atoms with Crippen LogP contribution in [-0.4, -0.2) is 23.9 Å². The first-order chi connectivity index (χ1) is 7.28. The zero-order valence-electron chi connectivity index (χ0n) is 9.24. The Labute approximate surface area is 91.0 Å². The molecule has 0 spiro atoms. The van der Waals surface area contributed by atoms with Crippen molar-refractivity contribution in [1.82, 2.24) is 4.90 Å². The van der Waals surface area contributed by atoms with E-state index in [4.69, 9.17) is 0 Å². The topological polar surface area (TPSA) is 20.3 Å². The van der Waals surface area contributed by atoms with Crippen LogP contribution in [0.3, 0.4) is 0 Å². The summed E-state index contributed by atoms with van der Waals surface area (Å²) in [5.41, 5.74) is 0.147. The molecule has 0 N–H and O–H groups in total. The lowest BCUT2D eigenvalue weighted by Crippen LogP contribution is -2.50. The lowest BCUT2D eigenvalue weighted by atomic mass is 9.74. The van der Waals surface area contributed by atoms with Gasteiger partial charge >= 0.3 is 0 Å². The van der Waals surface area contributed by atoms with Crippen LogP contribution in [0, 0.1) is 23.2 Å². The second kappa shape index (κ2) is 2.58. The Morgan fingerprint density at radius 2 is 1.73 bits per heavy atom. The van der Waals surface area contributed by atoms with Gasteiger partial charge < -0.3 is 4.90 Å². The summed E-state index contributed by atoms with van der Waals surface area (Å²) in [6, 6.07) is 0. The molecular weight excluding hydrogens is 186 g/mol. The Kier molecular flexibility index (Phi) is 1.48. The van der Waals surface area contributed by atoms with Gasteiger partial charge in [-0.05, 0) is 56.3 Å². The van der Waals surface area contributed by atoms with Gasteiger partial charge in [-0.25, -0.2) is 0 Å². The highest BCUT2D eigenvalue weighted by Crippen LogP contribution is 2.66. The van der Waals surface area contributed by atoms with Crippen LogP contribution >= 0.6 is 0 Å². The van der Waals surface area contributed by atoms with Gasteiger partial charge in [0.15, 0.2) is 0 Å². The monoisotopic (exact) mass is 205 g/mol. The number of hydrogen-bond donors (Lipinski definition) is 0. The van der Waals surface area contributed by atoms with Crippen LogP contribution in [0.2, 0.25) is 0 Å². The third-order valence-corrected chi connectivity index (χ3v) is 5.56. The van der Waals surface area contributed by atoms with E-state index < -0.39 is 0 Å². The van der Waals surface area contributed by atoms with E-state index in [0.29, 0.717) is 5.91 Å². The second-order valence-electron chi connectivity index (χ2n) is 6.35. The molecule has 2 unspecified atom stereocenters. The van der Waals surface area contributed by atoms with Gasteiger partial charge in [0.25, 0.3) is 0 Å². The van der Waals surface area contributed by atoms with Crippen molar-refractivity contribution in [2.45, 2.75) is 38.5 Å². The molecule has 82 valence electrons. The van der Waals surface area contributed by atoms with Crippen molar-refractivity contribution < 1.29 is 4.79 Å².